The number of hydrogen-bond acceptors (Lipinski definition) is 8. The maximum atomic E-state index is 12.3. The van der Waals surface area contributed by atoms with Gasteiger partial charge in [0.2, 0.25) is 11.1 Å². The van der Waals surface area contributed by atoms with Crippen LogP contribution in [0, 0.1) is 0 Å². The van der Waals surface area contributed by atoms with Gasteiger partial charge in [-0.05, 0) is 45.8 Å². The van der Waals surface area contributed by atoms with E-state index in [1.54, 1.807) is 6.21 Å². The quantitative estimate of drug-likeness (QED) is 0.115. The standard InChI is InChI=1S/C24H22BrN7O2S/c25-19-11-5-6-12-20(19)28-22(33)16-35-24-31-30-23(32(24)26)29-27-14-18-10-4-7-13-21(18)34-15-17-8-2-1-3-9-17/h1-14H,15-16,26H2,(H,28,33)(H,29,30)/b27-14+. The zero-order chi connectivity index (χ0) is 24.5. The normalized spacial score (nSPS) is 10.9. The first-order valence-corrected chi connectivity index (χ1v) is 12.3. The Morgan fingerprint density at radius 3 is 2.63 bits per heavy atom. The van der Waals surface area contributed by atoms with E-state index in [2.05, 4.69) is 42.0 Å². The predicted molar refractivity (Wildman–Crippen MR) is 142 cm³/mol. The maximum Gasteiger partial charge on any atom is 0.264 e. The molecule has 4 N–H and O–H groups in total. The van der Waals surface area contributed by atoms with Crippen molar-refractivity contribution in [2.24, 2.45) is 5.10 Å². The molecule has 0 atom stereocenters. The molecule has 9 nitrogen and oxygen atoms in total. The van der Waals surface area contributed by atoms with Crippen molar-refractivity contribution in [1.29, 1.82) is 0 Å². The fraction of sp³-hybridized carbons (Fsp3) is 0.0833. The summed E-state index contributed by atoms with van der Waals surface area (Å²) >= 11 is 4.57. The van der Waals surface area contributed by atoms with Gasteiger partial charge in [0, 0.05) is 10.0 Å². The van der Waals surface area contributed by atoms with Gasteiger partial charge in [0.05, 0.1) is 17.7 Å². The van der Waals surface area contributed by atoms with Crippen LogP contribution in [0.1, 0.15) is 11.1 Å². The molecule has 4 rings (SSSR count). The van der Waals surface area contributed by atoms with E-state index in [0.29, 0.717) is 23.2 Å². The number of carbonyl (C=O) groups is 1. The van der Waals surface area contributed by atoms with Crippen LogP contribution in [0.3, 0.4) is 0 Å². The lowest BCUT2D eigenvalue weighted by Crippen LogP contribution is -2.17. The smallest absolute Gasteiger partial charge is 0.264 e. The molecule has 0 saturated heterocycles. The van der Waals surface area contributed by atoms with Crippen molar-refractivity contribution in [3.05, 3.63) is 94.5 Å². The van der Waals surface area contributed by atoms with E-state index in [0.717, 1.165) is 27.4 Å². The lowest BCUT2D eigenvalue weighted by molar-refractivity contribution is -0.113. The first-order valence-electron chi connectivity index (χ1n) is 10.5. The third-order valence-electron chi connectivity index (χ3n) is 4.67. The molecule has 0 aliphatic carbocycles. The highest BCUT2D eigenvalue weighted by Gasteiger charge is 2.13. The minimum absolute atomic E-state index is 0.117. The predicted octanol–water partition coefficient (Wildman–Crippen LogP) is 4.51. The third-order valence-corrected chi connectivity index (χ3v) is 6.30. The highest BCUT2D eigenvalue weighted by molar-refractivity contribution is 9.10. The van der Waals surface area contributed by atoms with Gasteiger partial charge in [-0.15, -0.1) is 10.2 Å². The van der Waals surface area contributed by atoms with Crippen molar-refractivity contribution in [3.63, 3.8) is 0 Å². The Kier molecular flexibility index (Phi) is 8.36. The van der Waals surface area contributed by atoms with E-state index < -0.39 is 0 Å². The SMILES string of the molecule is Nn1c(N/N=C/c2ccccc2OCc2ccccc2)nnc1SCC(=O)Nc1ccccc1Br. The number of nitrogens with one attached hydrogen (secondary N) is 2. The maximum absolute atomic E-state index is 12.3. The second-order valence-corrected chi connectivity index (χ2v) is 8.97. The topological polar surface area (TPSA) is 119 Å². The molecule has 0 aliphatic heterocycles. The van der Waals surface area contributed by atoms with Crippen molar-refractivity contribution in [2.45, 2.75) is 11.8 Å². The Bertz CT molecular complexity index is 1310. The Labute approximate surface area is 214 Å². The van der Waals surface area contributed by atoms with Crippen molar-refractivity contribution in [3.8, 4) is 5.75 Å². The molecular weight excluding hydrogens is 530 g/mol. The van der Waals surface area contributed by atoms with Gasteiger partial charge in [0.25, 0.3) is 5.95 Å². The summed E-state index contributed by atoms with van der Waals surface area (Å²) in [4.78, 5) is 12.3. The summed E-state index contributed by atoms with van der Waals surface area (Å²) in [6.45, 7) is 0.450. The van der Waals surface area contributed by atoms with E-state index in [1.807, 2.05) is 78.9 Å². The number of carbonyl (C=O) groups excluding carboxylic acids is 1. The van der Waals surface area contributed by atoms with Crippen LogP contribution in [0.4, 0.5) is 11.6 Å². The van der Waals surface area contributed by atoms with Crippen LogP contribution in [-0.4, -0.2) is 32.7 Å². The molecule has 11 heteroatoms. The number of halogens is 1. The molecule has 0 bridgehead atoms. The number of nitrogens with zero attached hydrogens (tertiary/aromatic N) is 4. The molecule has 4 aromatic rings. The Morgan fingerprint density at radius 1 is 1.06 bits per heavy atom. The van der Waals surface area contributed by atoms with E-state index >= 15 is 0 Å². The summed E-state index contributed by atoms with van der Waals surface area (Å²) in [6, 6.07) is 24.9. The van der Waals surface area contributed by atoms with Crippen molar-refractivity contribution >= 4 is 51.4 Å². The van der Waals surface area contributed by atoms with E-state index in [1.165, 1.54) is 4.68 Å². The number of para-hydroxylation sites is 2. The molecule has 0 spiro atoms. The van der Waals surface area contributed by atoms with E-state index in [4.69, 9.17) is 10.6 Å². The molecule has 0 aliphatic rings. The van der Waals surface area contributed by atoms with Gasteiger partial charge in [-0.25, -0.2) is 10.1 Å². The Morgan fingerprint density at radius 2 is 1.80 bits per heavy atom. The summed E-state index contributed by atoms with van der Waals surface area (Å²) in [6.07, 6.45) is 1.62. The number of hydrazone groups is 1. The largest absolute Gasteiger partial charge is 0.488 e. The van der Waals surface area contributed by atoms with Crippen molar-refractivity contribution < 1.29 is 9.53 Å². The number of thioether (sulfide) groups is 1. The van der Waals surface area contributed by atoms with Crippen LogP contribution in [0.15, 0.2) is 93.6 Å². The molecule has 1 heterocycles. The van der Waals surface area contributed by atoms with E-state index in [-0.39, 0.29) is 17.6 Å². The van der Waals surface area contributed by atoms with Gasteiger partial charge in [0.15, 0.2) is 0 Å². The Balaban J connectivity index is 1.31. The minimum Gasteiger partial charge on any atom is -0.488 e. The summed E-state index contributed by atoms with van der Waals surface area (Å²) < 4.78 is 7.98. The molecule has 1 amide bonds. The highest BCUT2D eigenvalue weighted by atomic mass is 79.9. The zero-order valence-electron chi connectivity index (χ0n) is 18.5. The average Bonchev–Trinajstić information content (AvgIpc) is 3.23. The third kappa shape index (κ3) is 6.84. The second-order valence-electron chi connectivity index (χ2n) is 7.17. The molecule has 0 saturated carbocycles. The van der Waals surface area contributed by atoms with Gasteiger partial charge in [-0.2, -0.15) is 5.10 Å². The zero-order valence-corrected chi connectivity index (χ0v) is 20.9. The van der Waals surface area contributed by atoms with Crippen molar-refractivity contribution in [2.75, 3.05) is 22.3 Å². The van der Waals surface area contributed by atoms with Crippen LogP contribution < -0.4 is 21.3 Å². The molecule has 1 aromatic heterocycles. The first-order chi connectivity index (χ1) is 17.1. The fourth-order valence-corrected chi connectivity index (χ4v) is 3.98. The number of nitrogens with two attached hydrogens (primary N) is 1. The van der Waals surface area contributed by atoms with Crippen LogP contribution in [0.5, 0.6) is 5.75 Å². The lowest BCUT2D eigenvalue weighted by Gasteiger charge is -2.09. The summed E-state index contributed by atoms with van der Waals surface area (Å²) in [5.74, 6) is 6.92. The second kappa shape index (κ2) is 12.0. The number of anilines is 2. The molecule has 0 radical (unpaired) electrons. The number of amides is 1. The number of hydrogen-bond donors (Lipinski definition) is 3. The highest BCUT2D eigenvalue weighted by Crippen LogP contribution is 2.23. The minimum atomic E-state index is -0.190. The van der Waals surface area contributed by atoms with Gasteiger partial charge < -0.3 is 15.9 Å². The van der Waals surface area contributed by atoms with Gasteiger partial charge in [-0.1, -0.05) is 66.4 Å². The van der Waals surface area contributed by atoms with Crippen LogP contribution in [-0.2, 0) is 11.4 Å². The monoisotopic (exact) mass is 551 g/mol. The average molecular weight is 552 g/mol. The summed E-state index contributed by atoms with van der Waals surface area (Å²) in [5, 5.41) is 15.4. The van der Waals surface area contributed by atoms with E-state index in [9.17, 15) is 4.79 Å². The molecular formula is C24H22BrN7O2S. The van der Waals surface area contributed by atoms with Gasteiger partial charge in [0.1, 0.15) is 12.4 Å². The van der Waals surface area contributed by atoms with Crippen LogP contribution in [0.2, 0.25) is 0 Å². The Hall–Kier alpha value is -3.83. The molecule has 178 valence electrons. The molecule has 35 heavy (non-hydrogen) atoms. The molecule has 0 unspecified atom stereocenters. The molecule has 0 fully saturated rings. The van der Waals surface area contributed by atoms with Crippen molar-refractivity contribution in [1.82, 2.24) is 14.9 Å². The number of benzene rings is 3. The number of aromatic nitrogens is 3. The summed E-state index contributed by atoms with van der Waals surface area (Å²) in [7, 11) is 0. The molecule has 3 aromatic carbocycles. The number of nitrogen functional groups attached to an aromatic ring is 1. The van der Waals surface area contributed by atoms with Crippen LogP contribution in [0.25, 0.3) is 0 Å². The fourth-order valence-electron chi connectivity index (χ4n) is 2.94. The lowest BCUT2D eigenvalue weighted by atomic mass is 10.2. The van der Waals surface area contributed by atoms with Crippen LogP contribution >= 0.6 is 27.7 Å². The first kappa shape index (κ1) is 24.3. The van der Waals surface area contributed by atoms with Gasteiger partial charge >= 0.3 is 0 Å². The number of rotatable bonds is 10. The summed E-state index contributed by atoms with van der Waals surface area (Å²) in [5.41, 5.74) is 5.33. The van der Waals surface area contributed by atoms with Gasteiger partial charge in [-0.3, -0.25) is 4.79 Å². The number of ether oxygens (including phenoxy) is 1.